The van der Waals surface area contributed by atoms with Gasteiger partial charge >= 0.3 is 0 Å². The summed E-state index contributed by atoms with van der Waals surface area (Å²) in [6, 6.07) is 2.23. The second-order valence-corrected chi connectivity index (χ2v) is 4.53. The molecule has 2 rings (SSSR count). The third kappa shape index (κ3) is 1.43. The molecule has 0 radical (unpaired) electrons. The number of hydrogen-bond donors (Lipinski definition) is 1. The minimum Gasteiger partial charge on any atom is -0.324 e. The van der Waals surface area contributed by atoms with E-state index in [4.69, 9.17) is 17.3 Å². The molecule has 0 aliphatic heterocycles. The van der Waals surface area contributed by atoms with E-state index in [9.17, 15) is 0 Å². The van der Waals surface area contributed by atoms with Gasteiger partial charge < -0.3 is 5.73 Å². The van der Waals surface area contributed by atoms with Crippen LogP contribution in [0, 0.1) is 5.92 Å². The highest BCUT2D eigenvalue weighted by atomic mass is 35.5. The molecule has 0 saturated heterocycles. The molecule has 0 amide bonds. The second kappa shape index (κ2) is 2.77. The molecule has 1 saturated carbocycles. The van der Waals surface area contributed by atoms with Gasteiger partial charge in [-0.1, -0.05) is 11.6 Å². The molecule has 11 heavy (non-hydrogen) atoms. The predicted molar refractivity (Wildman–Crippen MR) is 49.0 cm³/mol. The molecular weight excluding hydrogens is 178 g/mol. The zero-order chi connectivity index (χ0) is 7.84. The van der Waals surface area contributed by atoms with Crippen LogP contribution in [-0.4, -0.2) is 0 Å². The van der Waals surface area contributed by atoms with Crippen molar-refractivity contribution in [2.75, 3.05) is 0 Å². The summed E-state index contributed by atoms with van der Waals surface area (Å²) in [6.07, 6.45) is 2.54. The topological polar surface area (TPSA) is 26.0 Å². The van der Waals surface area contributed by atoms with E-state index in [1.54, 1.807) is 11.3 Å². The molecule has 3 heteroatoms. The average molecular weight is 188 g/mol. The van der Waals surface area contributed by atoms with Crippen molar-refractivity contribution in [2.24, 2.45) is 11.7 Å². The highest BCUT2D eigenvalue weighted by Crippen LogP contribution is 2.42. The maximum Gasteiger partial charge on any atom is 0.0976 e. The van der Waals surface area contributed by atoms with Crippen molar-refractivity contribution in [1.82, 2.24) is 0 Å². The molecule has 1 aromatic heterocycles. The predicted octanol–water partition coefficient (Wildman–Crippen LogP) is 2.81. The minimum atomic E-state index is 0.189. The molecule has 1 fully saturated rings. The Kier molecular flexibility index (Phi) is 1.91. The van der Waals surface area contributed by atoms with Crippen LogP contribution in [0.3, 0.4) is 0 Å². The molecular formula is C8H10ClNS. The lowest BCUT2D eigenvalue weighted by Crippen LogP contribution is -2.11. The molecule has 1 atom stereocenters. The molecule has 1 aliphatic rings. The van der Waals surface area contributed by atoms with E-state index in [-0.39, 0.29) is 6.04 Å². The van der Waals surface area contributed by atoms with Crippen LogP contribution in [0.15, 0.2) is 11.4 Å². The second-order valence-electron chi connectivity index (χ2n) is 3.01. The minimum absolute atomic E-state index is 0.189. The Labute approximate surface area is 75.2 Å². The standard InChI is InChI=1S/C8H10ClNS/c9-8-6(3-4-11-8)7(10)5-1-2-5/h3-5,7H,1-2,10H2/t7-/m1/s1. The van der Waals surface area contributed by atoms with Crippen molar-refractivity contribution < 1.29 is 0 Å². The van der Waals surface area contributed by atoms with Gasteiger partial charge in [-0.15, -0.1) is 11.3 Å². The largest absolute Gasteiger partial charge is 0.324 e. The Morgan fingerprint density at radius 3 is 2.82 bits per heavy atom. The van der Waals surface area contributed by atoms with Gasteiger partial charge in [0.1, 0.15) is 0 Å². The quantitative estimate of drug-likeness (QED) is 0.757. The van der Waals surface area contributed by atoms with Gasteiger partial charge in [-0.2, -0.15) is 0 Å². The smallest absolute Gasteiger partial charge is 0.0976 e. The number of rotatable bonds is 2. The van der Waals surface area contributed by atoms with E-state index >= 15 is 0 Å². The SMILES string of the molecule is N[C@@H](c1ccsc1Cl)C1CC1. The van der Waals surface area contributed by atoms with Gasteiger partial charge in [0, 0.05) is 6.04 Å². The van der Waals surface area contributed by atoms with Gasteiger partial charge in [0.05, 0.1) is 4.34 Å². The van der Waals surface area contributed by atoms with Crippen LogP contribution in [-0.2, 0) is 0 Å². The van der Waals surface area contributed by atoms with Gasteiger partial charge in [0.25, 0.3) is 0 Å². The molecule has 2 N–H and O–H groups in total. The Hall–Kier alpha value is -0.0500. The fourth-order valence-corrected chi connectivity index (χ4v) is 2.27. The molecule has 0 bridgehead atoms. The van der Waals surface area contributed by atoms with Gasteiger partial charge in [-0.3, -0.25) is 0 Å². The lowest BCUT2D eigenvalue weighted by atomic mass is 10.1. The summed E-state index contributed by atoms with van der Waals surface area (Å²) in [4.78, 5) is 0. The van der Waals surface area contributed by atoms with E-state index in [0.717, 1.165) is 9.90 Å². The van der Waals surface area contributed by atoms with Crippen molar-refractivity contribution in [3.05, 3.63) is 21.3 Å². The highest BCUT2D eigenvalue weighted by Gasteiger charge is 2.30. The lowest BCUT2D eigenvalue weighted by molar-refractivity contribution is 0.636. The van der Waals surface area contributed by atoms with Crippen molar-refractivity contribution in [1.29, 1.82) is 0 Å². The first-order valence-corrected chi connectivity index (χ1v) is 5.03. The number of hydrogen-bond acceptors (Lipinski definition) is 2. The molecule has 60 valence electrons. The van der Waals surface area contributed by atoms with E-state index in [0.29, 0.717) is 5.92 Å². The summed E-state index contributed by atoms with van der Waals surface area (Å²) in [5.74, 6) is 0.696. The summed E-state index contributed by atoms with van der Waals surface area (Å²) in [5.41, 5.74) is 7.11. The molecule has 0 aromatic carbocycles. The first-order chi connectivity index (χ1) is 5.29. The van der Waals surface area contributed by atoms with Gasteiger partial charge in [-0.05, 0) is 35.8 Å². The van der Waals surface area contributed by atoms with Gasteiger partial charge in [-0.25, -0.2) is 0 Å². The van der Waals surface area contributed by atoms with Crippen LogP contribution in [0.5, 0.6) is 0 Å². The summed E-state index contributed by atoms with van der Waals surface area (Å²) < 4.78 is 0.865. The van der Waals surface area contributed by atoms with Crippen molar-refractivity contribution in [2.45, 2.75) is 18.9 Å². The van der Waals surface area contributed by atoms with Gasteiger partial charge in [0.2, 0.25) is 0 Å². The van der Waals surface area contributed by atoms with Crippen molar-refractivity contribution in [3.8, 4) is 0 Å². The molecule has 1 heterocycles. The van der Waals surface area contributed by atoms with E-state index in [1.807, 2.05) is 11.4 Å². The van der Waals surface area contributed by atoms with E-state index in [1.165, 1.54) is 12.8 Å². The van der Waals surface area contributed by atoms with Crippen LogP contribution in [0.4, 0.5) is 0 Å². The lowest BCUT2D eigenvalue weighted by Gasteiger charge is -2.07. The normalized spacial score (nSPS) is 20.2. The summed E-state index contributed by atoms with van der Waals surface area (Å²) >= 11 is 7.51. The number of nitrogens with two attached hydrogens (primary N) is 1. The monoisotopic (exact) mass is 187 g/mol. The van der Waals surface area contributed by atoms with Crippen LogP contribution in [0.2, 0.25) is 4.34 Å². The molecule has 1 aliphatic carbocycles. The Bertz CT molecular complexity index is 254. The first-order valence-electron chi connectivity index (χ1n) is 3.77. The average Bonchev–Trinajstić information content (AvgIpc) is 2.74. The van der Waals surface area contributed by atoms with Crippen LogP contribution in [0.25, 0.3) is 0 Å². The maximum atomic E-state index is 5.97. The maximum absolute atomic E-state index is 5.97. The van der Waals surface area contributed by atoms with Crippen LogP contribution in [0.1, 0.15) is 24.4 Å². The Balaban J connectivity index is 2.20. The molecule has 0 unspecified atom stereocenters. The van der Waals surface area contributed by atoms with Crippen molar-refractivity contribution in [3.63, 3.8) is 0 Å². The Morgan fingerprint density at radius 2 is 2.36 bits per heavy atom. The molecule has 0 spiro atoms. The van der Waals surface area contributed by atoms with Gasteiger partial charge in [0.15, 0.2) is 0 Å². The first kappa shape index (κ1) is 7.59. The van der Waals surface area contributed by atoms with Crippen LogP contribution >= 0.6 is 22.9 Å². The van der Waals surface area contributed by atoms with Crippen molar-refractivity contribution >= 4 is 22.9 Å². The highest BCUT2D eigenvalue weighted by molar-refractivity contribution is 7.14. The number of halogens is 1. The van der Waals surface area contributed by atoms with E-state index < -0.39 is 0 Å². The van der Waals surface area contributed by atoms with Crippen LogP contribution < -0.4 is 5.73 Å². The summed E-state index contributed by atoms with van der Waals surface area (Å²) in [5, 5.41) is 2.00. The number of thiophene rings is 1. The molecule has 1 nitrogen and oxygen atoms in total. The fraction of sp³-hybridized carbons (Fsp3) is 0.500. The summed E-state index contributed by atoms with van der Waals surface area (Å²) in [6.45, 7) is 0. The zero-order valence-corrected chi connectivity index (χ0v) is 7.66. The summed E-state index contributed by atoms with van der Waals surface area (Å²) in [7, 11) is 0. The van der Waals surface area contributed by atoms with E-state index in [2.05, 4.69) is 0 Å². The third-order valence-electron chi connectivity index (χ3n) is 2.14. The zero-order valence-electron chi connectivity index (χ0n) is 6.09. The third-order valence-corrected chi connectivity index (χ3v) is 3.34. The molecule has 1 aromatic rings. The fourth-order valence-electron chi connectivity index (χ4n) is 1.25. The Morgan fingerprint density at radius 1 is 1.64 bits per heavy atom.